The molecule has 132 valence electrons. The maximum absolute atomic E-state index is 12.8. The van der Waals surface area contributed by atoms with Gasteiger partial charge in [0.25, 0.3) is 5.91 Å². The van der Waals surface area contributed by atoms with E-state index in [0.717, 1.165) is 29.5 Å². The second kappa shape index (κ2) is 6.41. The van der Waals surface area contributed by atoms with Crippen molar-refractivity contribution in [2.24, 2.45) is 11.8 Å². The van der Waals surface area contributed by atoms with Crippen molar-refractivity contribution < 1.29 is 4.79 Å². The van der Waals surface area contributed by atoms with Crippen LogP contribution in [0.15, 0.2) is 24.5 Å². The number of hydrogen-bond acceptors (Lipinski definition) is 5. The van der Waals surface area contributed by atoms with E-state index in [4.69, 9.17) is 0 Å². The van der Waals surface area contributed by atoms with Gasteiger partial charge in [-0.15, -0.1) is 11.3 Å². The summed E-state index contributed by atoms with van der Waals surface area (Å²) in [5, 5.41) is 0. The zero-order valence-electron chi connectivity index (χ0n) is 15.0. The second-order valence-electron chi connectivity index (χ2n) is 7.32. The van der Waals surface area contributed by atoms with Gasteiger partial charge in [-0.2, -0.15) is 0 Å². The summed E-state index contributed by atoms with van der Waals surface area (Å²) >= 11 is 1.60. The van der Waals surface area contributed by atoms with Crippen molar-refractivity contribution in [3.63, 3.8) is 0 Å². The lowest BCUT2D eigenvalue weighted by atomic mass is 9.97. The van der Waals surface area contributed by atoms with E-state index < -0.39 is 0 Å². The van der Waals surface area contributed by atoms with Crippen LogP contribution in [0.5, 0.6) is 0 Å². The van der Waals surface area contributed by atoms with Crippen LogP contribution in [-0.4, -0.2) is 47.0 Å². The number of nitrogens with zero attached hydrogens (tertiary/aromatic N) is 4. The molecule has 6 heteroatoms. The molecule has 3 heterocycles. The average Bonchev–Trinajstić information content (AvgIpc) is 3.29. The van der Waals surface area contributed by atoms with Gasteiger partial charge in [-0.1, -0.05) is 0 Å². The van der Waals surface area contributed by atoms with E-state index in [1.54, 1.807) is 11.3 Å². The van der Waals surface area contributed by atoms with Gasteiger partial charge in [0.15, 0.2) is 0 Å². The van der Waals surface area contributed by atoms with E-state index in [9.17, 15) is 4.79 Å². The van der Waals surface area contributed by atoms with Crippen LogP contribution in [0.25, 0.3) is 0 Å². The highest BCUT2D eigenvalue weighted by atomic mass is 32.1. The summed E-state index contributed by atoms with van der Waals surface area (Å²) in [4.78, 5) is 28.1. The molecule has 0 unspecified atom stereocenters. The average molecular weight is 356 g/mol. The molecule has 25 heavy (non-hydrogen) atoms. The highest BCUT2D eigenvalue weighted by Crippen LogP contribution is 2.41. The molecule has 0 aromatic carbocycles. The number of thiophene rings is 1. The molecule has 1 aliphatic heterocycles. The minimum absolute atomic E-state index is 0.198. The lowest BCUT2D eigenvalue weighted by Gasteiger charge is -2.30. The third kappa shape index (κ3) is 3.03. The Bertz CT molecular complexity index is 772. The quantitative estimate of drug-likeness (QED) is 0.848. The molecular formula is C19H24N4OS. The molecule has 1 aliphatic carbocycles. The molecule has 1 saturated heterocycles. The van der Waals surface area contributed by atoms with Crippen LogP contribution in [0.3, 0.4) is 0 Å². The summed E-state index contributed by atoms with van der Waals surface area (Å²) in [6.45, 7) is 5.75. The zero-order valence-corrected chi connectivity index (χ0v) is 15.8. The molecule has 0 radical (unpaired) electrons. The molecule has 2 aromatic heterocycles. The van der Waals surface area contributed by atoms with Crippen LogP contribution in [-0.2, 0) is 0 Å². The largest absolute Gasteiger partial charge is 0.355 e. The molecule has 5 nitrogen and oxygen atoms in total. The van der Waals surface area contributed by atoms with Crippen LogP contribution in [0.2, 0.25) is 0 Å². The summed E-state index contributed by atoms with van der Waals surface area (Å²) in [7, 11) is 2.11. The van der Waals surface area contributed by atoms with Gasteiger partial charge in [0.1, 0.15) is 5.82 Å². The molecule has 0 N–H and O–H groups in total. The third-order valence-corrected chi connectivity index (χ3v) is 6.67. The number of amides is 1. The van der Waals surface area contributed by atoms with E-state index in [-0.39, 0.29) is 5.91 Å². The van der Waals surface area contributed by atoms with Crippen molar-refractivity contribution in [1.82, 2.24) is 14.9 Å². The van der Waals surface area contributed by atoms with E-state index >= 15 is 0 Å². The Morgan fingerprint density at radius 3 is 2.72 bits per heavy atom. The number of fused-ring (bicyclic) bond motifs is 1. The summed E-state index contributed by atoms with van der Waals surface area (Å²) in [6.07, 6.45) is 6.03. The number of carbonyl (C=O) groups excluding carboxylic acids is 1. The van der Waals surface area contributed by atoms with Crippen LogP contribution < -0.4 is 4.90 Å². The molecular weight excluding hydrogens is 332 g/mol. The fraction of sp³-hybridized carbons (Fsp3) is 0.526. The SMILES string of the molecule is Cc1cnc(N(C)[C@@H]2CC[C@@H]3CN(C(=O)c4ccc(C)s4)C[C@@H]32)cn1. The number of hydrogen-bond donors (Lipinski definition) is 0. The van der Waals surface area contributed by atoms with Gasteiger partial charge in [-0.05, 0) is 44.7 Å². The number of aromatic nitrogens is 2. The smallest absolute Gasteiger partial charge is 0.263 e. The van der Waals surface area contributed by atoms with E-state index in [1.165, 1.54) is 17.7 Å². The first-order chi connectivity index (χ1) is 12.0. The monoisotopic (exact) mass is 356 g/mol. The Labute approximate surface area is 152 Å². The maximum Gasteiger partial charge on any atom is 0.263 e. The summed E-state index contributed by atoms with van der Waals surface area (Å²) in [6, 6.07) is 4.42. The standard InChI is InChI=1S/C19H24N4OS/c1-12-8-21-18(9-20-12)22(3)16-6-5-14-10-23(11-15(14)16)19(24)17-7-4-13(2)25-17/h4,7-9,14-16H,5-6,10-11H2,1-3H3/t14-,15+,16-/m1/s1. The van der Waals surface area contributed by atoms with E-state index in [1.807, 2.05) is 38.4 Å². The normalized spacial score (nSPS) is 25.2. The predicted molar refractivity (Wildman–Crippen MR) is 100 cm³/mol. The minimum Gasteiger partial charge on any atom is -0.355 e. The molecule has 0 bridgehead atoms. The van der Waals surface area contributed by atoms with Gasteiger partial charge >= 0.3 is 0 Å². The lowest BCUT2D eigenvalue weighted by Crippen LogP contribution is -2.39. The van der Waals surface area contributed by atoms with E-state index in [0.29, 0.717) is 17.9 Å². The Kier molecular flexibility index (Phi) is 4.23. The summed E-state index contributed by atoms with van der Waals surface area (Å²) in [5.41, 5.74) is 0.935. The summed E-state index contributed by atoms with van der Waals surface area (Å²) < 4.78 is 0. The first kappa shape index (κ1) is 16.5. The minimum atomic E-state index is 0.198. The molecule has 1 amide bonds. The molecule has 4 rings (SSSR count). The van der Waals surface area contributed by atoms with E-state index in [2.05, 4.69) is 26.8 Å². The van der Waals surface area contributed by atoms with Gasteiger partial charge in [-0.25, -0.2) is 4.98 Å². The van der Waals surface area contributed by atoms with Crippen molar-refractivity contribution in [3.05, 3.63) is 40.0 Å². The zero-order chi connectivity index (χ0) is 17.6. The number of carbonyl (C=O) groups is 1. The van der Waals surface area contributed by atoms with Crippen molar-refractivity contribution in [3.8, 4) is 0 Å². The fourth-order valence-corrected chi connectivity index (χ4v) is 5.16. The maximum atomic E-state index is 12.8. The summed E-state index contributed by atoms with van der Waals surface area (Å²) in [5.74, 6) is 2.26. The number of rotatable bonds is 3. The van der Waals surface area contributed by atoms with Crippen molar-refractivity contribution in [1.29, 1.82) is 0 Å². The van der Waals surface area contributed by atoms with Crippen molar-refractivity contribution in [2.75, 3.05) is 25.0 Å². The third-order valence-electron chi connectivity index (χ3n) is 5.68. The Morgan fingerprint density at radius 2 is 2.04 bits per heavy atom. The molecule has 2 aliphatic rings. The van der Waals surface area contributed by atoms with Gasteiger partial charge in [-0.3, -0.25) is 9.78 Å². The van der Waals surface area contributed by atoms with Gasteiger partial charge in [0.05, 0.1) is 23.0 Å². The second-order valence-corrected chi connectivity index (χ2v) is 8.60. The lowest BCUT2D eigenvalue weighted by molar-refractivity contribution is 0.0784. The first-order valence-corrected chi connectivity index (χ1v) is 9.72. The van der Waals surface area contributed by atoms with Crippen LogP contribution >= 0.6 is 11.3 Å². The molecule has 3 atom stereocenters. The highest BCUT2D eigenvalue weighted by Gasteiger charge is 2.45. The van der Waals surface area contributed by atoms with Crippen molar-refractivity contribution in [2.45, 2.75) is 32.7 Å². The van der Waals surface area contributed by atoms with Crippen LogP contribution in [0, 0.1) is 25.7 Å². The molecule has 2 aromatic rings. The van der Waals surface area contributed by atoms with Crippen LogP contribution in [0.4, 0.5) is 5.82 Å². The molecule has 1 saturated carbocycles. The first-order valence-electron chi connectivity index (χ1n) is 8.90. The Balaban J connectivity index is 1.47. The fourth-order valence-electron chi connectivity index (χ4n) is 4.33. The number of anilines is 1. The highest BCUT2D eigenvalue weighted by molar-refractivity contribution is 7.13. The molecule has 2 fully saturated rings. The van der Waals surface area contributed by atoms with Gasteiger partial charge in [0.2, 0.25) is 0 Å². The topological polar surface area (TPSA) is 49.3 Å². The number of aryl methyl sites for hydroxylation is 2. The number of likely N-dealkylation sites (tertiary alicyclic amines) is 1. The van der Waals surface area contributed by atoms with Gasteiger partial charge < -0.3 is 9.80 Å². The van der Waals surface area contributed by atoms with Crippen molar-refractivity contribution >= 4 is 23.1 Å². The Morgan fingerprint density at radius 1 is 1.20 bits per heavy atom. The Hall–Kier alpha value is -1.95. The molecule has 0 spiro atoms. The van der Waals surface area contributed by atoms with Gasteiger partial charge in [0, 0.05) is 37.0 Å². The van der Waals surface area contributed by atoms with Crippen LogP contribution in [0.1, 0.15) is 33.1 Å². The predicted octanol–water partition coefficient (Wildman–Crippen LogP) is 3.14.